The molecule has 0 N–H and O–H groups in total. The quantitative estimate of drug-likeness (QED) is 0.309. The molecule has 168 valence electrons. The molecule has 0 heterocycles. The Hall–Kier alpha value is -3.57. The fourth-order valence-electron chi connectivity index (χ4n) is 3.63. The Balaban J connectivity index is 1.95. The number of aryl methyl sites for hydroxylation is 4. The lowest BCUT2D eigenvalue weighted by Gasteiger charge is -2.33. The average molecular weight is 457 g/mol. The molecule has 0 bridgehead atoms. The third-order valence-electron chi connectivity index (χ3n) is 5.54. The maximum Gasteiger partial charge on any atom is 0.335 e. The molecule has 0 spiro atoms. The van der Waals surface area contributed by atoms with Gasteiger partial charge in [-0.3, -0.25) is 0 Å². The minimum absolute atomic E-state index is 0.577. The van der Waals surface area contributed by atoms with E-state index in [2.05, 4.69) is 0 Å². The molecule has 0 aromatic heterocycles. The molecule has 4 rings (SSSR count). The molecule has 0 amide bonds. The summed E-state index contributed by atoms with van der Waals surface area (Å²) in [4.78, 5) is 0. The van der Waals surface area contributed by atoms with Crippen LogP contribution in [0.25, 0.3) is 0 Å². The van der Waals surface area contributed by atoms with Gasteiger partial charge in [-0.15, -0.1) is 0 Å². The monoisotopic (exact) mass is 456 g/mol. The summed E-state index contributed by atoms with van der Waals surface area (Å²) in [5.74, 6) is 0. The predicted octanol–water partition coefficient (Wildman–Crippen LogP) is 7.14. The molecule has 0 radical (unpaired) electrons. The normalized spacial score (nSPS) is 11.3. The van der Waals surface area contributed by atoms with Crippen molar-refractivity contribution in [3.8, 4) is 0 Å². The average Bonchev–Trinajstić information content (AvgIpc) is 2.79. The van der Waals surface area contributed by atoms with E-state index in [9.17, 15) is 8.42 Å². The van der Waals surface area contributed by atoms with Gasteiger partial charge in [0.25, 0.3) is 0 Å². The predicted molar refractivity (Wildman–Crippen MR) is 138 cm³/mol. The first-order valence-corrected chi connectivity index (χ1v) is 12.3. The number of rotatable bonds is 6. The minimum Gasteiger partial charge on any atom is -0.221 e. The van der Waals surface area contributed by atoms with Crippen molar-refractivity contribution in [2.45, 2.75) is 27.7 Å². The first-order chi connectivity index (χ1) is 15.8. The second kappa shape index (κ2) is 9.12. The van der Waals surface area contributed by atoms with Crippen molar-refractivity contribution in [1.82, 2.24) is 0 Å². The van der Waals surface area contributed by atoms with Crippen LogP contribution in [0.1, 0.15) is 22.3 Å². The fraction of sp³-hybridized carbons (Fsp3) is 0.143. The molecule has 0 saturated heterocycles. The smallest absolute Gasteiger partial charge is 0.221 e. The van der Waals surface area contributed by atoms with Crippen LogP contribution >= 0.6 is 0 Å². The lowest BCUT2D eigenvalue weighted by Crippen LogP contribution is -2.39. The van der Waals surface area contributed by atoms with E-state index >= 15 is 0 Å². The number of hydrogen-bond acceptors (Lipinski definition) is 2. The van der Waals surface area contributed by atoms with E-state index in [4.69, 9.17) is 0 Å². The first kappa shape index (κ1) is 22.6. The summed E-state index contributed by atoms with van der Waals surface area (Å²) in [5.41, 5.74) is 6.57. The molecule has 4 nitrogen and oxygen atoms in total. The first-order valence-electron chi connectivity index (χ1n) is 10.9. The Bertz CT molecular complexity index is 1140. The van der Waals surface area contributed by atoms with Crippen molar-refractivity contribution in [2.24, 2.45) is 0 Å². The molecular weight excluding hydrogens is 428 g/mol. The molecule has 0 saturated carbocycles. The molecule has 0 atom stereocenters. The molecule has 4 aromatic carbocycles. The van der Waals surface area contributed by atoms with E-state index in [-0.39, 0.29) is 0 Å². The molecular formula is C28H28N2O2S. The Kier molecular flexibility index (Phi) is 6.25. The number of benzene rings is 4. The van der Waals surface area contributed by atoms with Gasteiger partial charge in [0.1, 0.15) is 0 Å². The SMILES string of the molecule is Cc1ccc(N(c2ccc(C)cc2)S(=O)(=O)N(c2ccc(C)cc2)c2ccc(C)cc2)cc1. The molecule has 0 aliphatic carbocycles. The van der Waals surface area contributed by atoms with Crippen molar-refractivity contribution >= 4 is 33.0 Å². The van der Waals surface area contributed by atoms with Crippen LogP contribution in [0.2, 0.25) is 0 Å². The van der Waals surface area contributed by atoms with Crippen LogP contribution in [0.3, 0.4) is 0 Å². The van der Waals surface area contributed by atoms with Crippen molar-refractivity contribution < 1.29 is 8.42 Å². The van der Waals surface area contributed by atoms with Gasteiger partial charge in [-0.25, -0.2) is 8.61 Å². The van der Waals surface area contributed by atoms with E-state index in [1.807, 2.05) is 125 Å². The van der Waals surface area contributed by atoms with E-state index in [1.165, 1.54) is 8.61 Å². The Morgan fingerprint density at radius 3 is 0.758 bits per heavy atom. The van der Waals surface area contributed by atoms with E-state index in [0.29, 0.717) is 22.7 Å². The molecule has 33 heavy (non-hydrogen) atoms. The maximum absolute atomic E-state index is 14.4. The zero-order valence-electron chi connectivity index (χ0n) is 19.4. The molecule has 4 aromatic rings. The molecule has 0 unspecified atom stereocenters. The number of nitrogens with zero attached hydrogens (tertiary/aromatic N) is 2. The highest BCUT2D eigenvalue weighted by Crippen LogP contribution is 2.37. The molecule has 5 heteroatoms. The van der Waals surface area contributed by atoms with Gasteiger partial charge in [-0.2, -0.15) is 8.42 Å². The van der Waals surface area contributed by atoms with Gasteiger partial charge in [0.15, 0.2) is 0 Å². The highest BCUT2D eigenvalue weighted by atomic mass is 32.2. The minimum atomic E-state index is -4.06. The van der Waals surface area contributed by atoms with Gasteiger partial charge in [-0.1, -0.05) is 70.8 Å². The Morgan fingerprint density at radius 2 is 0.576 bits per heavy atom. The van der Waals surface area contributed by atoms with E-state index in [0.717, 1.165) is 22.3 Å². The third kappa shape index (κ3) is 4.78. The van der Waals surface area contributed by atoms with Gasteiger partial charge in [0.05, 0.1) is 22.7 Å². The van der Waals surface area contributed by atoms with Crippen LogP contribution in [0.5, 0.6) is 0 Å². The summed E-state index contributed by atoms with van der Waals surface area (Å²) in [6, 6.07) is 30.1. The molecule has 0 fully saturated rings. The zero-order valence-corrected chi connectivity index (χ0v) is 20.2. The van der Waals surface area contributed by atoms with Crippen LogP contribution in [-0.2, 0) is 10.2 Å². The summed E-state index contributed by atoms with van der Waals surface area (Å²) in [6.07, 6.45) is 0. The van der Waals surface area contributed by atoms with Crippen LogP contribution in [0.4, 0.5) is 22.7 Å². The third-order valence-corrected chi connectivity index (χ3v) is 7.30. The highest BCUT2D eigenvalue weighted by Gasteiger charge is 2.33. The van der Waals surface area contributed by atoms with Crippen LogP contribution in [-0.4, -0.2) is 8.42 Å². The van der Waals surface area contributed by atoms with Gasteiger partial charge >= 0.3 is 10.2 Å². The summed E-state index contributed by atoms with van der Waals surface area (Å²) in [5, 5.41) is 0. The topological polar surface area (TPSA) is 40.6 Å². The summed E-state index contributed by atoms with van der Waals surface area (Å²) in [7, 11) is -4.06. The highest BCUT2D eigenvalue weighted by molar-refractivity contribution is 7.94. The van der Waals surface area contributed by atoms with Crippen molar-refractivity contribution in [2.75, 3.05) is 8.61 Å². The van der Waals surface area contributed by atoms with Crippen molar-refractivity contribution in [1.29, 1.82) is 0 Å². The largest absolute Gasteiger partial charge is 0.335 e. The van der Waals surface area contributed by atoms with E-state index < -0.39 is 10.2 Å². The Labute approximate surface area is 196 Å². The summed E-state index contributed by atoms with van der Waals surface area (Å²) in [6.45, 7) is 7.94. The van der Waals surface area contributed by atoms with Crippen molar-refractivity contribution in [3.63, 3.8) is 0 Å². The van der Waals surface area contributed by atoms with Gasteiger partial charge in [0, 0.05) is 0 Å². The second-order valence-corrected chi connectivity index (χ2v) is 10.0. The molecule has 0 aliphatic heterocycles. The molecule has 0 aliphatic rings. The van der Waals surface area contributed by atoms with Crippen molar-refractivity contribution in [3.05, 3.63) is 119 Å². The fourth-order valence-corrected chi connectivity index (χ4v) is 5.35. The summed E-state index contributed by atoms with van der Waals surface area (Å²) >= 11 is 0. The van der Waals surface area contributed by atoms with Crippen LogP contribution in [0, 0.1) is 27.7 Å². The Morgan fingerprint density at radius 1 is 0.394 bits per heavy atom. The summed E-state index contributed by atoms with van der Waals surface area (Å²) < 4.78 is 31.7. The standard InChI is InChI=1S/C28H28N2O2S/c1-21-5-13-25(14-6-21)29(26-15-7-22(2)8-16-26)33(31,32)30(27-17-9-23(3)10-18-27)28-19-11-24(4)12-20-28/h5-20H,1-4H3. The number of hydrogen-bond donors (Lipinski definition) is 0. The maximum atomic E-state index is 14.4. The van der Waals surface area contributed by atoms with Gasteiger partial charge in [-0.05, 0) is 76.2 Å². The lowest BCUT2D eigenvalue weighted by molar-refractivity contribution is 0.596. The van der Waals surface area contributed by atoms with E-state index in [1.54, 1.807) is 0 Å². The van der Waals surface area contributed by atoms with Crippen LogP contribution < -0.4 is 8.61 Å². The van der Waals surface area contributed by atoms with Crippen LogP contribution in [0.15, 0.2) is 97.1 Å². The number of anilines is 4. The second-order valence-electron chi connectivity index (χ2n) is 8.38. The van der Waals surface area contributed by atoms with Gasteiger partial charge < -0.3 is 0 Å². The lowest BCUT2D eigenvalue weighted by atomic mass is 10.2. The zero-order chi connectivity index (χ0) is 23.6. The van der Waals surface area contributed by atoms with Gasteiger partial charge in [0.2, 0.25) is 0 Å².